The quantitative estimate of drug-likeness (QED) is 0.795. The molecule has 0 fully saturated rings. The highest BCUT2D eigenvalue weighted by atomic mass is 79.9. The minimum absolute atomic E-state index is 0.0132. The fourth-order valence-electron chi connectivity index (χ4n) is 2.76. The SMILES string of the molecule is CCC(CC)C(C)NC(=O)c1ccc2cc(Br)ccc2c1. The zero-order valence-electron chi connectivity index (χ0n) is 12.8. The van der Waals surface area contributed by atoms with Crippen LogP contribution in [0.4, 0.5) is 0 Å². The van der Waals surface area contributed by atoms with E-state index in [9.17, 15) is 4.79 Å². The van der Waals surface area contributed by atoms with E-state index < -0.39 is 0 Å². The highest BCUT2D eigenvalue weighted by Gasteiger charge is 2.16. The molecule has 2 aromatic rings. The van der Waals surface area contributed by atoms with Crippen LogP contribution >= 0.6 is 15.9 Å². The average molecular weight is 348 g/mol. The van der Waals surface area contributed by atoms with Gasteiger partial charge in [0.25, 0.3) is 5.91 Å². The molecule has 2 rings (SSSR count). The van der Waals surface area contributed by atoms with Crippen molar-refractivity contribution in [3.05, 3.63) is 46.4 Å². The largest absolute Gasteiger partial charge is 0.349 e. The van der Waals surface area contributed by atoms with Crippen molar-refractivity contribution in [3.8, 4) is 0 Å². The van der Waals surface area contributed by atoms with Gasteiger partial charge in [-0.2, -0.15) is 0 Å². The Morgan fingerprint density at radius 2 is 1.71 bits per heavy atom. The molecule has 1 N–H and O–H groups in total. The van der Waals surface area contributed by atoms with Crippen LogP contribution in [0.1, 0.15) is 44.0 Å². The molecule has 0 aromatic heterocycles. The summed E-state index contributed by atoms with van der Waals surface area (Å²) >= 11 is 3.47. The number of carbonyl (C=O) groups is 1. The lowest BCUT2D eigenvalue weighted by Gasteiger charge is -2.22. The van der Waals surface area contributed by atoms with E-state index >= 15 is 0 Å². The van der Waals surface area contributed by atoms with Gasteiger partial charge in [-0.3, -0.25) is 4.79 Å². The maximum atomic E-state index is 12.4. The summed E-state index contributed by atoms with van der Waals surface area (Å²) in [5.74, 6) is 0.546. The summed E-state index contributed by atoms with van der Waals surface area (Å²) in [6.07, 6.45) is 2.17. The van der Waals surface area contributed by atoms with Crippen LogP contribution in [0.5, 0.6) is 0 Å². The summed E-state index contributed by atoms with van der Waals surface area (Å²) in [7, 11) is 0. The molecule has 0 aliphatic rings. The molecule has 0 spiro atoms. The standard InChI is InChI=1S/C18H22BrNO/c1-4-13(5-2)12(3)20-18(21)16-7-6-15-11-17(19)9-8-14(15)10-16/h6-13H,4-5H2,1-3H3,(H,20,21). The predicted molar refractivity (Wildman–Crippen MR) is 92.6 cm³/mol. The summed E-state index contributed by atoms with van der Waals surface area (Å²) in [6.45, 7) is 6.43. The lowest BCUT2D eigenvalue weighted by atomic mass is 9.95. The van der Waals surface area contributed by atoms with E-state index in [4.69, 9.17) is 0 Å². The molecule has 0 saturated heterocycles. The van der Waals surface area contributed by atoms with Gasteiger partial charge < -0.3 is 5.32 Å². The van der Waals surface area contributed by atoms with Gasteiger partial charge in [0.1, 0.15) is 0 Å². The average Bonchev–Trinajstić information content (AvgIpc) is 2.47. The smallest absolute Gasteiger partial charge is 0.251 e. The van der Waals surface area contributed by atoms with Gasteiger partial charge in [-0.25, -0.2) is 0 Å². The first kappa shape index (κ1) is 16.0. The van der Waals surface area contributed by atoms with Crippen LogP contribution in [-0.4, -0.2) is 11.9 Å². The van der Waals surface area contributed by atoms with Gasteiger partial charge in [0.2, 0.25) is 0 Å². The normalized spacial score (nSPS) is 12.6. The third kappa shape index (κ3) is 3.85. The maximum absolute atomic E-state index is 12.4. The van der Waals surface area contributed by atoms with Crippen LogP contribution in [0.3, 0.4) is 0 Å². The maximum Gasteiger partial charge on any atom is 0.251 e. The number of benzene rings is 2. The fraction of sp³-hybridized carbons (Fsp3) is 0.389. The van der Waals surface area contributed by atoms with Crippen LogP contribution in [0.15, 0.2) is 40.9 Å². The Bertz CT molecular complexity index is 634. The van der Waals surface area contributed by atoms with Crippen molar-refractivity contribution < 1.29 is 4.79 Å². The Morgan fingerprint density at radius 3 is 2.38 bits per heavy atom. The molecule has 0 radical (unpaired) electrons. The van der Waals surface area contributed by atoms with Crippen LogP contribution < -0.4 is 5.32 Å². The number of nitrogens with one attached hydrogen (secondary N) is 1. The molecule has 1 unspecified atom stereocenters. The second kappa shape index (κ2) is 7.08. The van der Waals surface area contributed by atoms with Gasteiger partial charge in [0, 0.05) is 16.1 Å². The molecule has 0 saturated carbocycles. The second-order valence-corrected chi connectivity index (χ2v) is 6.46. The zero-order chi connectivity index (χ0) is 15.4. The number of amides is 1. The molecule has 112 valence electrons. The van der Waals surface area contributed by atoms with Crippen molar-refractivity contribution in [1.29, 1.82) is 0 Å². The van der Waals surface area contributed by atoms with E-state index in [0.29, 0.717) is 5.92 Å². The summed E-state index contributed by atoms with van der Waals surface area (Å²) in [4.78, 5) is 12.4. The Hall–Kier alpha value is -1.35. The predicted octanol–water partition coefficient (Wildman–Crippen LogP) is 5.16. The summed E-state index contributed by atoms with van der Waals surface area (Å²) in [6, 6.07) is 12.1. The van der Waals surface area contributed by atoms with Gasteiger partial charge >= 0.3 is 0 Å². The molecule has 0 aliphatic heterocycles. The first-order valence-corrected chi connectivity index (χ1v) is 8.34. The van der Waals surface area contributed by atoms with Crippen LogP contribution in [0.25, 0.3) is 10.8 Å². The highest BCUT2D eigenvalue weighted by Crippen LogP contribution is 2.21. The molecule has 3 heteroatoms. The Kier molecular flexibility index (Phi) is 5.40. The zero-order valence-corrected chi connectivity index (χ0v) is 14.4. The lowest BCUT2D eigenvalue weighted by Crippen LogP contribution is -2.37. The van der Waals surface area contributed by atoms with Gasteiger partial charge in [0.05, 0.1) is 0 Å². The van der Waals surface area contributed by atoms with Gasteiger partial charge in [0.15, 0.2) is 0 Å². The molecule has 2 aromatic carbocycles. The number of fused-ring (bicyclic) bond motifs is 1. The number of carbonyl (C=O) groups excluding carboxylic acids is 1. The van der Waals surface area contributed by atoms with Crippen molar-refractivity contribution >= 4 is 32.6 Å². The van der Waals surface area contributed by atoms with Crippen molar-refractivity contribution in [2.24, 2.45) is 5.92 Å². The topological polar surface area (TPSA) is 29.1 Å². The minimum Gasteiger partial charge on any atom is -0.349 e. The van der Waals surface area contributed by atoms with Crippen LogP contribution in [0.2, 0.25) is 0 Å². The van der Waals surface area contributed by atoms with Crippen molar-refractivity contribution in [3.63, 3.8) is 0 Å². The van der Waals surface area contributed by atoms with Crippen LogP contribution in [-0.2, 0) is 0 Å². The monoisotopic (exact) mass is 347 g/mol. The van der Waals surface area contributed by atoms with Crippen molar-refractivity contribution in [1.82, 2.24) is 5.32 Å². The minimum atomic E-state index is 0.0132. The lowest BCUT2D eigenvalue weighted by molar-refractivity contribution is 0.0925. The Morgan fingerprint density at radius 1 is 1.10 bits per heavy atom. The molecule has 0 bridgehead atoms. The Labute approximate surface area is 135 Å². The first-order chi connectivity index (χ1) is 10.0. The number of rotatable bonds is 5. The fourth-order valence-corrected chi connectivity index (χ4v) is 3.14. The van der Waals surface area contributed by atoms with E-state index in [1.807, 2.05) is 30.3 Å². The third-order valence-electron chi connectivity index (χ3n) is 4.18. The number of hydrogen-bond acceptors (Lipinski definition) is 1. The third-order valence-corrected chi connectivity index (χ3v) is 4.67. The molecule has 2 nitrogen and oxygen atoms in total. The van der Waals surface area contributed by atoms with E-state index in [2.05, 4.69) is 48.1 Å². The van der Waals surface area contributed by atoms with E-state index in [1.54, 1.807) is 0 Å². The van der Waals surface area contributed by atoms with Crippen molar-refractivity contribution in [2.45, 2.75) is 39.7 Å². The molecule has 0 heterocycles. The van der Waals surface area contributed by atoms with E-state index in [1.165, 1.54) is 0 Å². The van der Waals surface area contributed by atoms with Crippen molar-refractivity contribution in [2.75, 3.05) is 0 Å². The highest BCUT2D eigenvalue weighted by molar-refractivity contribution is 9.10. The molecule has 0 aliphatic carbocycles. The molecule has 1 amide bonds. The van der Waals surface area contributed by atoms with Gasteiger partial charge in [-0.1, -0.05) is 54.8 Å². The number of hydrogen-bond donors (Lipinski definition) is 1. The van der Waals surface area contributed by atoms with Gasteiger partial charge in [-0.05, 0) is 47.9 Å². The Balaban J connectivity index is 2.17. The second-order valence-electron chi connectivity index (χ2n) is 5.54. The molecular weight excluding hydrogens is 326 g/mol. The van der Waals surface area contributed by atoms with Crippen LogP contribution in [0, 0.1) is 5.92 Å². The number of halogens is 1. The molecular formula is C18H22BrNO. The first-order valence-electron chi connectivity index (χ1n) is 7.55. The summed E-state index contributed by atoms with van der Waals surface area (Å²) in [5.41, 5.74) is 0.725. The van der Waals surface area contributed by atoms with Gasteiger partial charge in [-0.15, -0.1) is 0 Å². The molecule has 1 atom stereocenters. The summed E-state index contributed by atoms with van der Waals surface area (Å²) < 4.78 is 1.05. The van der Waals surface area contributed by atoms with E-state index in [-0.39, 0.29) is 11.9 Å². The van der Waals surface area contributed by atoms with E-state index in [0.717, 1.165) is 33.7 Å². The summed E-state index contributed by atoms with van der Waals surface area (Å²) in [5, 5.41) is 5.34. The molecule has 21 heavy (non-hydrogen) atoms.